The van der Waals surface area contributed by atoms with Crippen LogP contribution >= 0.6 is 12.0 Å². The molecule has 1 fully saturated rings. The fourth-order valence-corrected chi connectivity index (χ4v) is 1.67. The van der Waals surface area contributed by atoms with Gasteiger partial charge in [-0.2, -0.15) is 0 Å². The van der Waals surface area contributed by atoms with Gasteiger partial charge in [0, 0.05) is 19.2 Å². The van der Waals surface area contributed by atoms with Crippen molar-refractivity contribution in [3.8, 4) is 0 Å². The first-order valence-corrected chi connectivity index (χ1v) is 4.76. The second-order valence-corrected chi connectivity index (χ2v) is 3.39. The van der Waals surface area contributed by atoms with Gasteiger partial charge < -0.3 is 19.7 Å². The third-order valence-electron chi connectivity index (χ3n) is 1.86. The molecule has 0 amide bonds. The van der Waals surface area contributed by atoms with Crippen LogP contribution in [0, 0.1) is 0 Å². The van der Waals surface area contributed by atoms with Crippen molar-refractivity contribution < 1.29 is 34.3 Å². The maximum Gasteiger partial charge on any atom is 0.186 e. The average molecular weight is 228 g/mol. The summed E-state index contributed by atoms with van der Waals surface area (Å²) >= 11 is 0.745. The van der Waals surface area contributed by atoms with Gasteiger partial charge in [0.05, 0.1) is 5.75 Å². The molecule has 1 heterocycles. The first-order valence-electron chi connectivity index (χ1n) is 3.84. The monoisotopic (exact) mass is 228 g/mol. The standard InChI is InChI=1S/C6H12O7S/c1-10-6-5(8)4(7)3(11-6)2-14-13-12-9/h3-9H,2H2,1H3. The second-order valence-electron chi connectivity index (χ2n) is 2.69. The van der Waals surface area contributed by atoms with E-state index in [2.05, 4.69) is 9.37 Å². The molecule has 1 saturated heterocycles. The summed E-state index contributed by atoms with van der Waals surface area (Å²) in [5.74, 6) is 0.193. The summed E-state index contributed by atoms with van der Waals surface area (Å²) in [5, 5.41) is 30.0. The van der Waals surface area contributed by atoms with Gasteiger partial charge in [0.25, 0.3) is 0 Å². The maximum absolute atomic E-state index is 9.43. The lowest BCUT2D eigenvalue weighted by Crippen LogP contribution is -2.33. The van der Waals surface area contributed by atoms with Crippen molar-refractivity contribution in [2.75, 3.05) is 12.9 Å². The van der Waals surface area contributed by atoms with Crippen LogP contribution in [-0.2, 0) is 18.8 Å². The molecule has 4 unspecified atom stereocenters. The lowest BCUT2D eigenvalue weighted by Gasteiger charge is -2.11. The van der Waals surface area contributed by atoms with Crippen molar-refractivity contribution in [1.82, 2.24) is 0 Å². The molecule has 1 aliphatic heterocycles. The third-order valence-corrected chi connectivity index (χ3v) is 2.48. The quantitative estimate of drug-likeness (QED) is 0.242. The summed E-state index contributed by atoms with van der Waals surface area (Å²) < 4.78 is 14.0. The van der Waals surface area contributed by atoms with Crippen LogP contribution in [0.4, 0.5) is 0 Å². The molecule has 1 aliphatic rings. The van der Waals surface area contributed by atoms with Crippen molar-refractivity contribution in [2.24, 2.45) is 0 Å². The summed E-state index contributed by atoms with van der Waals surface area (Å²) in [4.78, 5) is 0. The Bertz CT molecular complexity index is 168. The summed E-state index contributed by atoms with van der Waals surface area (Å²) in [6.45, 7) is 0. The van der Waals surface area contributed by atoms with E-state index in [1.807, 2.05) is 0 Å². The zero-order valence-corrected chi connectivity index (χ0v) is 8.22. The topological polar surface area (TPSA) is 97.6 Å². The van der Waals surface area contributed by atoms with Gasteiger partial charge in [0.2, 0.25) is 0 Å². The Labute approximate surface area is 84.6 Å². The Kier molecular flexibility index (Phi) is 5.06. The zero-order chi connectivity index (χ0) is 10.6. The van der Waals surface area contributed by atoms with Gasteiger partial charge in [-0.1, -0.05) is 5.04 Å². The fourth-order valence-electron chi connectivity index (χ4n) is 1.16. The van der Waals surface area contributed by atoms with Crippen LogP contribution in [0.5, 0.6) is 0 Å². The van der Waals surface area contributed by atoms with Crippen molar-refractivity contribution in [1.29, 1.82) is 0 Å². The Hall–Kier alpha value is 0.0700. The number of hydrogen-bond acceptors (Lipinski definition) is 8. The smallest absolute Gasteiger partial charge is 0.186 e. The lowest BCUT2D eigenvalue weighted by molar-refractivity contribution is -0.432. The number of rotatable bonds is 5. The number of aliphatic hydroxyl groups is 2. The summed E-state index contributed by atoms with van der Waals surface area (Å²) in [7, 11) is 1.36. The van der Waals surface area contributed by atoms with Gasteiger partial charge in [-0.3, -0.25) is 0 Å². The largest absolute Gasteiger partial charge is 0.387 e. The van der Waals surface area contributed by atoms with Crippen LogP contribution in [0.2, 0.25) is 0 Å². The molecule has 7 nitrogen and oxygen atoms in total. The molecule has 84 valence electrons. The average Bonchev–Trinajstić information content (AvgIpc) is 2.46. The number of hydrogen-bond donors (Lipinski definition) is 3. The van der Waals surface area contributed by atoms with Gasteiger partial charge in [-0.05, 0) is 0 Å². The molecule has 1 rings (SSSR count). The molecular weight excluding hydrogens is 216 g/mol. The molecule has 0 aromatic heterocycles. The van der Waals surface area contributed by atoms with E-state index in [1.165, 1.54) is 7.11 Å². The minimum Gasteiger partial charge on any atom is -0.387 e. The van der Waals surface area contributed by atoms with Crippen LogP contribution in [0.25, 0.3) is 0 Å². The van der Waals surface area contributed by atoms with E-state index in [0.29, 0.717) is 0 Å². The molecule has 8 heteroatoms. The first kappa shape index (κ1) is 12.1. The van der Waals surface area contributed by atoms with Gasteiger partial charge >= 0.3 is 0 Å². The van der Waals surface area contributed by atoms with E-state index in [1.54, 1.807) is 0 Å². The summed E-state index contributed by atoms with van der Waals surface area (Å²) in [6, 6.07) is 0. The highest BCUT2D eigenvalue weighted by Gasteiger charge is 2.42. The number of aliphatic hydroxyl groups excluding tert-OH is 2. The Morgan fingerprint density at radius 2 is 2.07 bits per heavy atom. The van der Waals surface area contributed by atoms with Crippen LogP contribution in [0.1, 0.15) is 0 Å². The van der Waals surface area contributed by atoms with E-state index < -0.39 is 24.6 Å². The van der Waals surface area contributed by atoms with Gasteiger partial charge in [0.15, 0.2) is 6.29 Å². The van der Waals surface area contributed by atoms with Crippen LogP contribution in [-0.4, -0.2) is 52.9 Å². The Morgan fingerprint density at radius 1 is 1.36 bits per heavy atom. The Balaban J connectivity index is 2.32. The summed E-state index contributed by atoms with van der Waals surface area (Å²) in [5.41, 5.74) is 0. The maximum atomic E-state index is 9.43. The minimum atomic E-state index is -1.08. The molecule has 3 N–H and O–H groups in total. The summed E-state index contributed by atoms with van der Waals surface area (Å²) in [6.07, 6.45) is -3.60. The predicted molar refractivity (Wildman–Crippen MR) is 44.9 cm³/mol. The number of ether oxygens (including phenoxy) is 2. The zero-order valence-electron chi connectivity index (χ0n) is 7.40. The van der Waals surface area contributed by atoms with E-state index in [0.717, 1.165) is 12.0 Å². The van der Waals surface area contributed by atoms with Crippen LogP contribution < -0.4 is 0 Å². The Morgan fingerprint density at radius 3 is 2.57 bits per heavy atom. The highest BCUT2D eigenvalue weighted by molar-refractivity contribution is 7.94. The van der Waals surface area contributed by atoms with Gasteiger partial charge in [-0.25, -0.2) is 5.26 Å². The second kappa shape index (κ2) is 5.83. The highest BCUT2D eigenvalue weighted by Crippen LogP contribution is 2.24. The van der Waals surface area contributed by atoms with Crippen LogP contribution in [0.3, 0.4) is 0 Å². The van der Waals surface area contributed by atoms with Gasteiger partial charge in [-0.15, -0.1) is 4.33 Å². The normalized spacial score (nSPS) is 37.7. The van der Waals surface area contributed by atoms with E-state index in [9.17, 15) is 10.2 Å². The fraction of sp³-hybridized carbons (Fsp3) is 1.00. The van der Waals surface area contributed by atoms with Crippen molar-refractivity contribution >= 4 is 12.0 Å². The molecule has 0 aliphatic carbocycles. The predicted octanol–water partition coefficient (Wildman–Crippen LogP) is -0.851. The van der Waals surface area contributed by atoms with Gasteiger partial charge in [0.1, 0.15) is 18.3 Å². The first-order chi connectivity index (χ1) is 6.70. The SMILES string of the molecule is COC1OC(CSOOO)C(O)C1O. The van der Waals surface area contributed by atoms with Crippen molar-refractivity contribution in [3.05, 3.63) is 0 Å². The molecule has 0 bridgehead atoms. The lowest BCUT2D eigenvalue weighted by atomic mass is 10.2. The van der Waals surface area contributed by atoms with Crippen molar-refractivity contribution in [3.63, 3.8) is 0 Å². The minimum absolute atomic E-state index is 0.193. The molecule has 0 spiro atoms. The molecule has 4 atom stereocenters. The third kappa shape index (κ3) is 2.78. The highest BCUT2D eigenvalue weighted by atomic mass is 32.2. The van der Waals surface area contributed by atoms with E-state index in [4.69, 9.17) is 14.7 Å². The molecule has 0 aromatic carbocycles. The van der Waals surface area contributed by atoms with Crippen molar-refractivity contribution in [2.45, 2.75) is 24.6 Å². The number of methoxy groups -OCH3 is 1. The molecule has 14 heavy (non-hydrogen) atoms. The van der Waals surface area contributed by atoms with E-state index in [-0.39, 0.29) is 5.75 Å². The molecule has 0 aromatic rings. The van der Waals surface area contributed by atoms with E-state index >= 15 is 0 Å². The molecule has 0 radical (unpaired) electrons. The van der Waals surface area contributed by atoms with Crippen LogP contribution in [0.15, 0.2) is 0 Å². The molecule has 0 saturated carbocycles. The molecular formula is C6H12O7S.